The number of benzene rings is 2. The quantitative estimate of drug-likeness (QED) is 0.609. The van der Waals surface area contributed by atoms with Gasteiger partial charge in [-0.05, 0) is 25.0 Å². The summed E-state index contributed by atoms with van der Waals surface area (Å²) in [5.74, 6) is -1.16. The molecule has 1 aromatic heterocycles. The average Bonchev–Trinajstić information content (AvgIpc) is 2.73. The highest BCUT2D eigenvalue weighted by atomic mass is 16.5. The minimum atomic E-state index is -0.582. The molecule has 142 valence electrons. The second kappa shape index (κ2) is 8.90. The van der Waals surface area contributed by atoms with Gasteiger partial charge in [0, 0.05) is 0 Å². The van der Waals surface area contributed by atoms with Crippen LogP contribution in [0.2, 0.25) is 0 Å². The summed E-state index contributed by atoms with van der Waals surface area (Å²) in [5, 5.41) is 0. The van der Waals surface area contributed by atoms with Crippen LogP contribution in [0.5, 0.6) is 0 Å². The minimum Gasteiger partial charge on any atom is -0.456 e. The van der Waals surface area contributed by atoms with Crippen molar-refractivity contribution in [2.75, 3.05) is 0 Å². The Morgan fingerprint density at radius 1 is 0.679 bits per heavy atom. The van der Waals surface area contributed by atoms with Gasteiger partial charge in [-0.25, -0.2) is 19.6 Å². The number of hydrogen-bond donors (Lipinski definition) is 0. The lowest BCUT2D eigenvalue weighted by molar-refractivity contribution is 0.0444. The molecular weight excluding hydrogens is 356 g/mol. The highest BCUT2D eigenvalue weighted by Crippen LogP contribution is 2.13. The molecule has 0 fully saturated rings. The van der Waals surface area contributed by atoms with Gasteiger partial charge in [0.1, 0.15) is 13.2 Å². The molecule has 0 amide bonds. The molecule has 0 saturated heterocycles. The zero-order valence-electron chi connectivity index (χ0n) is 15.7. The van der Waals surface area contributed by atoms with Crippen LogP contribution < -0.4 is 0 Å². The first-order chi connectivity index (χ1) is 13.5. The van der Waals surface area contributed by atoms with Gasteiger partial charge in [-0.2, -0.15) is 0 Å². The number of carbonyl (C=O) groups is 2. The molecule has 0 spiro atoms. The lowest BCUT2D eigenvalue weighted by Crippen LogP contribution is -2.17. The summed E-state index contributed by atoms with van der Waals surface area (Å²) >= 11 is 0. The minimum absolute atomic E-state index is 0.0908. The average molecular weight is 376 g/mol. The van der Waals surface area contributed by atoms with Crippen LogP contribution in [0.1, 0.15) is 43.5 Å². The molecule has 0 atom stereocenters. The SMILES string of the molecule is Cc1nc(C(=O)OCc2ccccc2)c(C)nc1C(=O)OCc1ccccc1. The summed E-state index contributed by atoms with van der Waals surface area (Å²) in [6.07, 6.45) is 0. The molecule has 6 nitrogen and oxygen atoms in total. The van der Waals surface area contributed by atoms with E-state index < -0.39 is 11.9 Å². The third-order valence-electron chi connectivity index (χ3n) is 4.06. The Bertz CT molecular complexity index is 891. The molecule has 0 aliphatic rings. The normalized spacial score (nSPS) is 10.4. The molecule has 0 bridgehead atoms. The van der Waals surface area contributed by atoms with Gasteiger partial charge in [0.25, 0.3) is 0 Å². The Hall–Kier alpha value is -3.54. The van der Waals surface area contributed by atoms with Gasteiger partial charge in [0.2, 0.25) is 0 Å². The first kappa shape index (κ1) is 19.2. The van der Waals surface area contributed by atoms with E-state index in [9.17, 15) is 9.59 Å². The van der Waals surface area contributed by atoms with E-state index in [1.165, 1.54) is 0 Å². The van der Waals surface area contributed by atoms with Crippen LogP contribution in [0.4, 0.5) is 0 Å². The van der Waals surface area contributed by atoms with E-state index in [0.29, 0.717) is 11.4 Å². The van der Waals surface area contributed by atoms with Crippen molar-refractivity contribution in [3.05, 3.63) is 94.6 Å². The van der Waals surface area contributed by atoms with E-state index >= 15 is 0 Å². The summed E-state index contributed by atoms with van der Waals surface area (Å²) in [6.45, 7) is 3.50. The maximum Gasteiger partial charge on any atom is 0.359 e. The fourth-order valence-corrected chi connectivity index (χ4v) is 2.57. The second-order valence-electron chi connectivity index (χ2n) is 6.22. The van der Waals surface area contributed by atoms with Crippen LogP contribution in [-0.2, 0) is 22.7 Å². The van der Waals surface area contributed by atoms with Crippen LogP contribution in [0.3, 0.4) is 0 Å². The summed E-state index contributed by atoms with van der Waals surface area (Å²) in [7, 11) is 0. The molecule has 0 radical (unpaired) electrons. The molecule has 0 aliphatic carbocycles. The fraction of sp³-hybridized carbons (Fsp3) is 0.182. The topological polar surface area (TPSA) is 78.4 Å². The highest BCUT2D eigenvalue weighted by molar-refractivity contribution is 5.91. The molecule has 28 heavy (non-hydrogen) atoms. The first-order valence-corrected chi connectivity index (χ1v) is 8.82. The summed E-state index contributed by atoms with van der Waals surface area (Å²) in [5.41, 5.74) is 2.56. The molecule has 0 unspecified atom stereocenters. The Labute approximate surface area is 163 Å². The number of hydrogen-bond acceptors (Lipinski definition) is 6. The lowest BCUT2D eigenvalue weighted by atomic mass is 10.2. The molecule has 0 aliphatic heterocycles. The molecule has 1 heterocycles. The standard InChI is InChI=1S/C22H20N2O4/c1-15-19(21(25)27-13-17-9-5-3-6-10-17)24-16(2)20(23-15)22(26)28-14-18-11-7-4-8-12-18/h3-12H,13-14H2,1-2H3. The monoisotopic (exact) mass is 376 g/mol. The summed E-state index contributed by atoms with van der Waals surface area (Å²) in [4.78, 5) is 33.1. The van der Waals surface area contributed by atoms with Crippen LogP contribution in [0.15, 0.2) is 60.7 Å². The van der Waals surface area contributed by atoms with Crippen molar-refractivity contribution < 1.29 is 19.1 Å². The van der Waals surface area contributed by atoms with Gasteiger partial charge >= 0.3 is 11.9 Å². The highest BCUT2D eigenvalue weighted by Gasteiger charge is 2.21. The summed E-state index contributed by atoms with van der Waals surface area (Å²) < 4.78 is 10.6. The van der Waals surface area contributed by atoms with Gasteiger partial charge in [-0.15, -0.1) is 0 Å². The molecule has 0 saturated carbocycles. The summed E-state index contributed by atoms with van der Waals surface area (Å²) in [6, 6.07) is 18.7. The van der Waals surface area contributed by atoms with Gasteiger partial charge in [-0.1, -0.05) is 60.7 Å². The van der Waals surface area contributed by atoms with Crippen LogP contribution in [0.25, 0.3) is 0 Å². The van der Waals surface area contributed by atoms with Crippen molar-refractivity contribution in [2.24, 2.45) is 0 Å². The fourth-order valence-electron chi connectivity index (χ4n) is 2.57. The van der Waals surface area contributed by atoms with E-state index in [4.69, 9.17) is 9.47 Å². The molecular formula is C22H20N2O4. The van der Waals surface area contributed by atoms with Gasteiger partial charge in [-0.3, -0.25) is 0 Å². The van der Waals surface area contributed by atoms with E-state index in [-0.39, 0.29) is 24.6 Å². The van der Waals surface area contributed by atoms with Crippen molar-refractivity contribution in [3.63, 3.8) is 0 Å². The van der Waals surface area contributed by atoms with E-state index in [2.05, 4.69) is 9.97 Å². The van der Waals surface area contributed by atoms with Crippen LogP contribution in [-0.4, -0.2) is 21.9 Å². The van der Waals surface area contributed by atoms with Crippen molar-refractivity contribution in [3.8, 4) is 0 Å². The van der Waals surface area contributed by atoms with Crippen molar-refractivity contribution in [2.45, 2.75) is 27.1 Å². The zero-order chi connectivity index (χ0) is 19.9. The van der Waals surface area contributed by atoms with Gasteiger partial charge < -0.3 is 9.47 Å². The number of ether oxygens (including phenoxy) is 2. The Morgan fingerprint density at radius 2 is 1.04 bits per heavy atom. The number of aryl methyl sites for hydroxylation is 2. The van der Waals surface area contributed by atoms with Gasteiger partial charge in [0.15, 0.2) is 11.4 Å². The Kier molecular flexibility index (Phi) is 6.11. The third kappa shape index (κ3) is 4.79. The second-order valence-corrected chi connectivity index (χ2v) is 6.22. The van der Waals surface area contributed by atoms with Crippen molar-refractivity contribution in [1.29, 1.82) is 0 Å². The third-order valence-corrected chi connectivity index (χ3v) is 4.06. The van der Waals surface area contributed by atoms with E-state index in [1.54, 1.807) is 13.8 Å². The largest absolute Gasteiger partial charge is 0.456 e. The first-order valence-electron chi connectivity index (χ1n) is 8.82. The molecule has 6 heteroatoms. The maximum absolute atomic E-state index is 12.3. The predicted molar refractivity (Wildman–Crippen MR) is 103 cm³/mol. The van der Waals surface area contributed by atoms with E-state index in [0.717, 1.165) is 11.1 Å². The van der Waals surface area contributed by atoms with Crippen molar-refractivity contribution in [1.82, 2.24) is 9.97 Å². The number of aromatic nitrogens is 2. The number of rotatable bonds is 6. The smallest absolute Gasteiger partial charge is 0.359 e. The maximum atomic E-state index is 12.3. The van der Waals surface area contributed by atoms with Crippen LogP contribution >= 0.6 is 0 Å². The Morgan fingerprint density at radius 3 is 1.39 bits per heavy atom. The molecule has 0 N–H and O–H groups in total. The predicted octanol–water partition coefficient (Wildman–Crippen LogP) is 3.81. The number of esters is 2. The number of nitrogens with zero attached hydrogens (tertiary/aromatic N) is 2. The number of carbonyl (C=O) groups excluding carboxylic acids is 2. The molecule has 3 aromatic rings. The van der Waals surface area contributed by atoms with Crippen molar-refractivity contribution >= 4 is 11.9 Å². The van der Waals surface area contributed by atoms with Gasteiger partial charge in [0.05, 0.1) is 11.4 Å². The van der Waals surface area contributed by atoms with E-state index in [1.807, 2.05) is 60.7 Å². The molecule has 3 rings (SSSR count). The van der Waals surface area contributed by atoms with Crippen LogP contribution in [0, 0.1) is 13.8 Å². The Balaban J connectivity index is 1.67. The zero-order valence-corrected chi connectivity index (χ0v) is 15.7. The lowest BCUT2D eigenvalue weighted by Gasteiger charge is -2.10. The molecule has 2 aromatic carbocycles.